The number of hydrogen-bond donors (Lipinski definition) is 8. The monoisotopic (exact) mass is 617 g/mol. The normalized spacial score (nSPS) is 49.4. The minimum atomic E-state index is -1.65. The van der Waals surface area contributed by atoms with E-state index in [1.165, 1.54) is 6.08 Å². The molecular weight excluding hydrogens is 568 g/mol. The van der Waals surface area contributed by atoms with E-state index in [-0.39, 0.29) is 42.8 Å². The van der Waals surface area contributed by atoms with Crippen LogP contribution in [0.3, 0.4) is 0 Å². The fourth-order valence-corrected chi connectivity index (χ4v) is 7.56. The van der Waals surface area contributed by atoms with Crippen molar-refractivity contribution in [1.82, 2.24) is 0 Å². The first-order valence-corrected chi connectivity index (χ1v) is 15.8. The zero-order valence-corrected chi connectivity index (χ0v) is 24.3. The molecule has 9 unspecified atom stereocenters. The molecule has 5 fully saturated rings. The molecule has 2 saturated heterocycles. The van der Waals surface area contributed by atoms with Crippen molar-refractivity contribution < 1.29 is 64.6 Å². The van der Waals surface area contributed by atoms with Crippen LogP contribution >= 0.6 is 0 Å². The minimum Gasteiger partial charge on any atom is -0.460 e. The Morgan fingerprint density at radius 3 is 2.23 bits per heavy atom. The van der Waals surface area contributed by atoms with Gasteiger partial charge in [0.1, 0.15) is 37.1 Å². The molecule has 13 nitrogen and oxygen atoms in total. The molecule has 0 spiro atoms. The van der Waals surface area contributed by atoms with E-state index in [4.69, 9.17) is 18.9 Å². The van der Waals surface area contributed by atoms with Crippen molar-refractivity contribution >= 4 is 5.97 Å². The molecule has 5 rings (SSSR count). The summed E-state index contributed by atoms with van der Waals surface area (Å²) in [6.45, 7) is -0.399. The van der Waals surface area contributed by atoms with Crippen LogP contribution in [0.5, 0.6) is 0 Å². The molecule has 0 radical (unpaired) electrons. The van der Waals surface area contributed by atoms with Gasteiger partial charge >= 0.3 is 5.97 Å². The molecule has 2 aliphatic heterocycles. The standard InChI is InChI=1S/C30H48O13/c31-16-5-1-14(2-6-16)3-8-25(36)40-13-24-26(37)27(38)28(39)30(43-24)42-23-12-18-20(34)10-17(32)11-22(18)41-29(23)15-4-7-19(33)21(35)9-15/h3,8,14-24,26-35,37-39H,1-2,4-7,9-13H2/p+1/t14?,15?,16?,17?,18?,19?,20?,21?,22?,23?,24-,26-,27+,28-,29?,30-/m1/s1. The van der Waals surface area contributed by atoms with Crippen LogP contribution in [0.1, 0.15) is 64.2 Å². The number of carbonyl (C=O) groups is 1. The highest BCUT2D eigenvalue weighted by atomic mass is 16.7. The molecule has 3 aliphatic carbocycles. The first-order valence-electron chi connectivity index (χ1n) is 15.8. The second kappa shape index (κ2) is 14.5. The molecule has 2 heterocycles. The van der Waals surface area contributed by atoms with E-state index in [2.05, 4.69) is 0 Å². The van der Waals surface area contributed by atoms with Crippen LogP contribution < -0.4 is 0 Å². The predicted molar refractivity (Wildman–Crippen MR) is 148 cm³/mol. The number of hydrogen-bond acceptors (Lipinski definition) is 12. The highest BCUT2D eigenvalue weighted by molar-refractivity contribution is 5.81. The molecule has 0 amide bonds. The summed E-state index contributed by atoms with van der Waals surface area (Å²) in [5.41, 5.74) is 0. The van der Waals surface area contributed by atoms with Crippen LogP contribution in [0.2, 0.25) is 0 Å². The summed E-state index contributed by atoms with van der Waals surface area (Å²) in [6, 6.07) is 0. The Morgan fingerprint density at radius 1 is 0.767 bits per heavy atom. The van der Waals surface area contributed by atoms with Gasteiger partial charge in [-0.3, -0.25) is 0 Å². The third kappa shape index (κ3) is 7.95. The SMILES string of the molecule is O=C(C=CC1CCC(O)CC1)OC[C@H]1O[C@@H](OC2CC3C(O)CC(O)CC3[OH+]C2C2CCC(O)C(O)C2)[C@H](O)[C@@H](O)[C@@H]1O. The summed E-state index contributed by atoms with van der Waals surface area (Å²) in [4.78, 5) is 12.4. The van der Waals surface area contributed by atoms with Crippen LogP contribution in [0.25, 0.3) is 0 Å². The Kier molecular flexibility index (Phi) is 11.1. The molecule has 14 atom stereocenters. The first-order chi connectivity index (χ1) is 20.5. The van der Waals surface area contributed by atoms with E-state index < -0.39 is 79.9 Å². The Balaban J connectivity index is 1.24. The van der Waals surface area contributed by atoms with Gasteiger partial charge in [-0.15, -0.1) is 0 Å². The van der Waals surface area contributed by atoms with Crippen molar-refractivity contribution in [3.05, 3.63) is 12.2 Å². The molecule has 5 aliphatic rings. The van der Waals surface area contributed by atoms with Crippen molar-refractivity contribution in [2.75, 3.05) is 6.61 Å². The number of aliphatic hydroxyl groups excluding tert-OH is 8. The van der Waals surface area contributed by atoms with Gasteiger partial charge in [-0.1, -0.05) is 6.08 Å². The van der Waals surface area contributed by atoms with E-state index in [0.717, 1.165) is 12.8 Å². The lowest BCUT2D eigenvalue weighted by molar-refractivity contribution is -0.356. The lowest BCUT2D eigenvalue weighted by Crippen LogP contribution is -2.63. The van der Waals surface area contributed by atoms with Gasteiger partial charge in [0.25, 0.3) is 0 Å². The first kappa shape index (κ1) is 33.1. The van der Waals surface area contributed by atoms with Gasteiger partial charge in [-0.25, -0.2) is 4.79 Å². The number of esters is 1. The van der Waals surface area contributed by atoms with Crippen LogP contribution in [0.15, 0.2) is 12.2 Å². The summed E-state index contributed by atoms with van der Waals surface area (Å²) in [6.07, 6.45) is -4.42. The maximum atomic E-state index is 12.4. The number of aliphatic hydroxyl groups is 10. The second-order valence-corrected chi connectivity index (χ2v) is 13.3. The molecule has 0 bridgehead atoms. The maximum absolute atomic E-state index is 12.4. The quantitative estimate of drug-likeness (QED) is 0.0897. The van der Waals surface area contributed by atoms with E-state index in [1.54, 1.807) is 6.08 Å². The van der Waals surface area contributed by atoms with E-state index in [9.17, 15) is 45.6 Å². The average Bonchev–Trinajstić information content (AvgIpc) is 2.98. The minimum absolute atomic E-state index is 0.162. The molecule has 13 heteroatoms. The summed E-state index contributed by atoms with van der Waals surface area (Å²) in [5.74, 6) is -0.970. The van der Waals surface area contributed by atoms with Gasteiger partial charge in [0.2, 0.25) is 0 Å². The molecule has 0 aromatic rings. The van der Waals surface area contributed by atoms with Crippen molar-refractivity contribution in [1.29, 1.82) is 0 Å². The molecule has 9 N–H and O–H groups in total. The molecule has 3 saturated carbocycles. The van der Waals surface area contributed by atoms with Crippen molar-refractivity contribution in [2.45, 2.75) is 144 Å². The zero-order chi connectivity index (χ0) is 30.8. The van der Waals surface area contributed by atoms with E-state index in [0.29, 0.717) is 38.5 Å². The fraction of sp³-hybridized carbons (Fsp3) is 0.900. The molecule has 0 aromatic carbocycles. The van der Waals surface area contributed by atoms with Gasteiger partial charge in [-0.2, -0.15) is 0 Å². The summed E-state index contributed by atoms with van der Waals surface area (Å²) >= 11 is 0. The molecule has 43 heavy (non-hydrogen) atoms. The zero-order valence-electron chi connectivity index (χ0n) is 24.3. The second-order valence-electron chi connectivity index (χ2n) is 13.3. The largest absolute Gasteiger partial charge is 0.460 e. The fourth-order valence-electron chi connectivity index (χ4n) is 7.56. The number of allylic oxidation sites excluding steroid dienone is 1. The Morgan fingerprint density at radius 2 is 1.51 bits per heavy atom. The van der Waals surface area contributed by atoms with Gasteiger partial charge in [0.15, 0.2) is 18.5 Å². The summed E-state index contributed by atoms with van der Waals surface area (Å²) in [5, 5.41) is 83.1. The van der Waals surface area contributed by atoms with Gasteiger partial charge < -0.3 is 59.8 Å². The smallest absolute Gasteiger partial charge is 0.330 e. The van der Waals surface area contributed by atoms with Gasteiger partial charge in [0, 0.05) is 24.8 Å². The van der Waals surface area contributed by atoms with Gasteiger partial charge in [0.05, 0.1) is 36.4 Å². The molecular formula is C30H49O13+. The van der Waals surface area contributed by atoms with Gasteiger partial charge in [-0.05, 0) is 57.3 Å². The molecule has 0 aromatic heterocycles. The number of ether oxygens (including phenoxy) is 4. The summed E-state index contributed by atoms with van der Waals surface area (Å²) < 4.78 is 22.3. The third-order valence-corrected chi connectivity index (χ3v) is 10.2. The maximum Gasteiger partial charge on any atom is 0.330 e. The topological polar surface area (TPSA) is 219 Å². The lowest BCUT2D eigenvalue weighted by atomic mass is 9.72. The van der Waals surface area contributed by atoms with Crippen LogP contribution in [0.4, 0.5) is 0 Å². The number of carbonyl (C=O) groups excluding carboxylic acids is 1. The molecule has 246 valence electrons. The van der Waals surface area contributed by atoms with Crippen molar-refractivity contribution in [2.24, 2.45) is 17.8 Å². The highest BCUT2D eigenvalue weighted by Crippen LogP contribution is 2.42. The van der Waals surface area contributed by atoms with Crippen LogP contribution in [0, 0.1) is 17.8 Å². The predicted octanol–water partition coefficient (Wildman–Crippen LogP) is -1.85. The van der Waals surface area contributed by atoms with Crippen LogP contribution in [-0.2, 0) is 19.0 Å². The third-order valence-electron chi connectivity index (χ3n) is 10.2. The van der Waals surface area contributed by atoms with Crippen molar-refractivity contribution in [3.8, 4) is 0 Å². The Labute approximate surface area is 251 Å². The van der Waals surface area contributed by atoms with E-state index in [1.807, 2.05) is 0 Å². The number of rotatable bonds is 7. The van der Waals surface area contributed by atoms with E-state index >= 15 is 0 Å². The Hall–Kier alpha value is -1.23. The average molecular weight is 618 g/mol. The van der Waals surface area contributed by atoms with Crippen molar-refractivity contribution in [3.63, 3.8) is 0 Å². The highest BCUT2D eigenvalue weighted by Gasteiger charge is 2.54. The number of fused-ring (bicyclic) bond motifs is 1. The lowest BCUT2D eigenvalue weighted by Gasteiger charge is -2.48. The van der Waals surface area contributed by atoms with Crippen LogP contribution in [-0.4, -0.2) is 138 Å². The Bertz CT molecular complexity index is 941. The summed E-state index contributed by atoms with van der Waals surface area (Å²) in [7, 11) is 0.